The van der Waals surface area contributed by atoms with E-state index in [1.807, 2.05) is 23.7 Å². The van der Waals surface area contributed by atoms with Crippen LogP contribution in [-0.2, 0) is 6.54 Å². The number of imidazole rings is 1. The van der Waals surface area contributed by atoms with Gasteiger partial charge >= 0.3 is 12.2 Å². The molecule has 4 rings (SSSR count). The Hall–Kier alpha value is -2.89. The van der Waals surface area contributed by atoms with Gasteiger partial charge in [0, 0.05) is 35.9 Å². The number of ether oxygens (including phenoxy) is 1. The highest BCUT2D eigenvalue weighted by Crippen LogP contribution is 2.28. The Morgan fingerprint density at radius 2 is 2.09 bits per heavy atom. The molecular formula is C21H25F3N6O2S. The van der Waals surface area contributed by atoms with E-state index in [9.17, 15) is 18.0 Å². The van der Waals surface area contributed by atoms with Crippen LogP contribution < -0.4 is 15.4 Å². The van der Waals surface area contributed by atoms with Gasteiger partial charge in [-0.05, 0) is 32.6 Å². The number of amides is 2. The van der Waals surface area contributed by atoms with Crippen molar-refractivity contribution in [2.24, 2.45) is 0 Å². The fourth-order valence-electron chi connectivity index (χ4n) is 3.67. The predicted molar refractivity (Wildman–Crippen MR) is 117 cm³/mol. The van der Waals surface area contributed by atoms with Gasteiger partial charge in [-0.25, -0.2) is 19.7 Å². The first-order valence-corrected chi connectivity index (χ1v) is 11.6. The van der Waals surface area contributed by atoms with Crippen molar-refractivity contribution in [1.29, 1.82) is 0 Å². The number of aryl methyl sites for hydroxylation is 1. The lowest BCUT2D eigenvalue weighted by Crippen LogP contribution is -2.42. The third-order valence-corrected chi connectivity index (χ3v) is 6.29. The molecule has 8 nitrogen and oxygen atoms in total. The van der Waals surface area contributed by atoms with Crippen LogP contribution in [0.3, 0.4) is 0 Å². The first-order chi connectivity index (χ1) is 15.8. The normalized spacial score (nSPS) is 18.3. The fraction of sp³-hybridized carbons (Fsp3) is 0.524. The van der Waals surface area contributed by atoms with Crippen LogP contribution in [0.25, 0.3) is 16.3 Å². The summed E-state index contributed by atoms with van der Waals surface area (Å²) in [7, 11) is 0. The zero-order chi connectivity index (χ0) is 23.4. The second-order valence-electron chi connectivity index (χ2n) is 8.05. The van der Waals surface area contributed by atoms with E-state index in [4.69, 9.17) is 4.74 Å². The number of aromatic nitrogens is 4. The van der Waals surface area contributed by atoms with Crippen LogP contribution in [0, 0.1) is 6.92 Å². The summed E-state index contributed by atoms with van der Waals surface area (Å²) in [6, 6.07) is -1.04. The maximum atomic E-state index is 12.7. The van der Waals surface area contributed by atoms with Crippen LogP contribution in [-0.4, -0.2) is 44.2 Å². The second-order valence-corrected chi connectivity index (χ2v) is 9.17. The molecule has 1 atom stereocenters. The van der Waals surface area contributed by atoms with Crippen LogP contribution >= 0.6 is 11.3 Å². The van der Waals surface area contributed by atoms with E-state index >= 15 is 0 Å². The Kier molecular flexibility index (Phi) is 7.01. The van der Waals surface area contributed by atoms with Gasteiger partial charge in [0.15, 0.2) is 0 Å². The molecule has 0 fully saturated rings. The SMILES string of the molecule is Cc1cn2cc3nc(c2n1)OCCCCCC(CCC(F)(F)F)NC(=O)NCc1cnc-3s1. The number of hydrogen-bond acceptors (Lipinski definition) is 6. The molecule has 4 heterocycles. The average Bonchev–Trinajstić information content (AvgIpc) is 3.37. The van der Waals surface area contributed by atoms with Gasteiger partial charge < -0.3 is 19.8 Å². The molecule has 33 heavy (non-hydrogen) atoms. The predicted octanol–water partition coefficient (Wildman–Crippen LogP) is 4.62. The summed E-state index contributed by atoms with van der Waals surface area (Å²) in [4.78, 5) is 26.6. The first-order valence-electron chi connectivity index (χ1n) is 10.8. The molecule has 2 amide bonds. The van der Waals surface area contributed by atoms with E-state index in [2.05, 4.69) is 25.6 Å². The van der Waals surface area contributed by atoms with E-state index in [0.717, 1.165) is 17.0 Å². The maximum Gasteiger partial charge on any atom is 0.389 e. The van der Waals surface area contributed by atoms with Crippen LogP contribution in [0.2, 0.25) is 0 Å². The van der Waals surface area contributed by atoms with E-state index in [1.54, 1.807) is 6.20 Å². The molecule has 0 radical (unpaired) electrons. The largest absolute Gasteiger partial charge is 0.475 e. The van der Waals surface area contributed by atoms with Crippen molar-refractivity contribution in [2.45, 2.75) is 64.2 Å². The second kappa shape index (κ2) is 9.94. The Labute approximate surface area is 192 Å². The number of hydrogen-bond donors (Lipinski definition) is 2. The summed E-state index contributed by atoms with van der Waals surface area (Å²) in [6.45, 7) is 2.51. The molecule has 3 aromatic heterocycles. The van der Waals surface area contributed by atoms with E-state index in [1.165, 1.54) is 11.3 Å². The topological polar surface area (TPSA) is 93.4 Å². The molecule has 0 spiro atoms. The number of nitrogens with one attached hydrogen (secondary N) is 2. The quantitative estimate of drug-likeness (QED) is 0.556. The smallest absolute Gasteiger partial charge is 0.389 e. The average molecular weight is 483 g/mol. The lowest BCUT2D eigenvalue weighted by Gasteiger charge is -2.20. The molecular weight excluding hydrogens is 457 g/mol. The minimum atomic E-state index is -4.25. The number of rotatable bonds is 2. The summed E-state index contributed by atoms with van der Waals surface area (Å²) in [5.41, 5.74) is 2.09. The van der Waals surface area contributed by atoms with E-state index < -0.39 is 24.7 Å². The van der Waals surface area contributed by atoms with Crippen LogP contribution in [0.15, 0.2) is 18.6 Å². The molecule has 3 aromatic rings. The van der Waals surface area contributed by atoms with Gasteiger partial charge in [-0.2, -0.15) is 13.2 Å². The van der Waals surface area contributed by atoms with Crippen molar-refractivity contribution >= 4 is 23.0 Å². The third kappa shape index (κ3) is 6.34. The van der Waals surface area contributed by atoms with Gasteiger partial charge in [0.2, 0.25) is 5.65 Å². The number of urea groups is 1. The molecule has 178 valence electrons. The molecule has 1 unspecified atom stereocenters. The maximum absolute atomic E-state index is 12.7. The zero-order valence-electron chi connectivity index (χ0n) is 18.1. The minimum absolute atomic E-state index is 0.148. The number of carbonyl (C=O) groups excluding carboxylic acids is 1. The third-order valence-electron chi connectivity index (χ3n) is 5.27. The van der Waals surface area contributed by atoms with Crippen LogP contribution in [0.1, 0.15) is 49.1 Å². The number of nitrogens with zero attached hydrogens (tertiary/aromatic N) is 4. The molecule has 12 heteroatoms. The van der Waals surface area contributed by atoms with Crippen LogP contribution in [0.4, 0.5) is 18.0 Å². The molecule has 0 saturated carbocycles. The van der Waals surface area contributed by atoms with Crippen molar-refractivity contribution in [2.75, 3.05) is 6.61 Å². The van der Waals surface area contributed by atoms with Gasteiger partial charge in [-0.3, -0.25) is 0 Å². The lowest BCUT2D eigenvalue weighted by atomic mass is 10.0. The Bertz CT molecular complexity index is 1110. The van der Waals surface area contributed by atoms with Crippen molar-refractivity contribution < 1.29 is 22.7 Å². The van der Waals surface area contributed by atoms with Crippen molar-refractivity contribution in [3.63, 3.8) is 0 Å². The highest BCUT2D eigenvalue weighted by atomic mass is 32.1. The Morgan fingerprint density at radius 3 is 2.91 bits per heavy atom. The summed E-state index contributed by atoms with van der Waals surface area (Å²) >= 11 is 1.37. The van der Waals surface area contributed by atoms with E-state index in [-0.39, 0.29) is 13.0 Å². The fourth-order valence-corrected chi connectivity index (χ4v) is 4.48. The lowest BCUT2D eigenvalue weighted by molar-refractivity contribution is -0.136. The number of halogens is 3. The molecule has 1 aliphatic heterocycles. The molecule has 0 aromatic carbocycles. The summed E-state index contributed by atoms with van der Waals surface area (Å²) in [6.07, 6.45) is 2.64. The highest BCUT2D eigenvalue weighted by molar-refractivity contribution is 7.15. The number of fused-ring (bicyclic) bond motifs is 7. The van der Waals surface area contributed by atoms with Gasteiger partial charge in [0.05, 0.1) is 18.8 Å². The molecule has 4 bridgehead atoms. The molecule has 2 N–H and O–H groups in total. The molecule has 0 aliphatic carbocycles. The van der Waals surface area contributed by atoms with Crippen LogP contribution in [0.5, 0.6) is 5.88 Å². The number of carbonyl (C=O) groups is 1. The first kappa shape index (κ1) is 23.3. The van der Waals surface area contributed by atoms with Gasteiger partial charge in [0.25, 0.3) is 5.88 Å². The van der Waals surface area contributed by atoms with Gasteiger partial charge in [-0.15, -0.1) is 11.3 Å². The van der Waals surface area contributed by atoms with Gasteiger partial charge in [0.1, 0.15) is 10.7 Å². The summed E-state index contributed by atoms with van der Waals surface area (Å²) in [5.74, 6) is 0.416. The van der Waals surface area contributed by atoms with Crippen molar-refractivity contribution in [1.82, 2.24) is 30.0 Å². The van der Waals surface area contributed by atoms with Crippen molar-refractivity contribution in [3.05, 3.63) is 29.2 Å². The zero-order valence-corrected chi connectivity index (χ0v) is 18.9. The minimum Gasteiger partial charge on any atom is -0.475 e. The molecule has 1 aliphatic rings. The highest BCUT2D eigenvalue weighted by Gasteiger charge is 2.28. The monoisotopic (exact) mass is 482 g/mol. The summed E-state index contributed by atoms with van der Waals surface area (Å²) in [5, 5.41) is 6.07. The van der Waals surface area contributed by atoms with Gasteiger partial charge in [-0.1, -0.05) is 6.42 Å². The molecule has 0 saturated heterocycles. The number of alkyl halides is 3. The number of thiazole rings is 1. The Morgan fingerprint density at radius 1 is 1.24 bits per heavy atom. The Balaban J connectivity index is 1.54. The summed E-state index contributed by atoms with van der Waals surface area (Å²) < 4.78 is 45.9. The van der Waals surface area contributed by atoms with Crippen molar-refractivity contribution in [3.8, 4) is 16.6 Å². The standard InChI is InChI=1S/C21H25F3N6O2S/c1-13-11-30-12-16-19-25-9-15(33-19)10-26-20(31)28-14(6-7-21(22,23)24)5-3-2-4-8-32-18(29-16)17(30)27-13/h9,11-12,14H,2-8,10H2,1H3,(H2,26,28,31). The van der Waals surface area contributed by atoms with E-state index in [0.29, 0.717) is 48.1 Å².